The average molecular weight is 355 g/mol. The van der Waals surface area contributed by atoms with Crippen LogP contribution in [-0.4, -0.2) is 36.1 Å². The molecule has 0 fully saturated rings. The summed E-state index contributed by atoms with van der Waals surface area (Å²) in [5, 5.41) is 0.476. The number of rotatable bonds is 6. The Balaban J connectivity index is 1.82. The van der Waals surface area contributed by atoms with Gasteiger partial charge in [0.25, 0.3) is 11.8 Å². The molecule has 0 saturated carbocycles. The molecule has 0 saturated heterocycles. The molecule has 0 unspecified atom stereocenters. The number of hydrogen-bond donors (Lipinski definition) is 0. The Labute approximate surface area is 150 Å². The smallest absolute Gasteiger partial charge is 0.364 e. The van der Waals surface area contributed by atoms with Crippen molar-refractivity contribution in [2.45, 2.75) is 13.8 Å². The van der Waals surface area contributed by atoms with Crippen molar-refractivity contribution in [3.8, 4) is 11.5 Å². The van der Waals surface area contributed by atoms with E-state index in [-0.39, 0.29) is 16.7 Å². The molecule has 7 nitrogen and oxygen atoms in total. The van der Waals surface area contributed by atoms with Gasteiger partial charge >= 0.3 is 5.97 Å². The third-order valence-corrected chi connectivity index (χ3v) is 3.71. The molecule has 0 radical (unpaired) electrons. The highest BCUT2D eigenvalue weighted by atomic mass is 16.7. The van der Waals surface area contributed by atoms with Crippen molar-refractivity contribution in [2.24, 2.45) is 0 Å². The number of nitrogens with zero attached hydrogens (tertiary/aromatic N) is 1. The van der Waals surface area contributed by atoms with E-state index < -0.39 is 17.8 Å². The monoisotopic (exact) mass is 355 g/mol. The molecule has 0 atom stereocenters. The first-order chi connectivity index (χ1) is 12.6. The van der Waals surface area contributed by atoms with Crippen LogP contribution in [0.3, 0.4) is 0 Å². The van der Waals surface area contributed by atoms with Gasteiger partial charge in [-0.25, -0.2) is 4.79 Å². The molecule has 1 aliphatic heterocycles. The summed E-state index contributed by atoms with van der Waals surface area (Å²) in [5.41, 5.74) is 0.535. The van der Waals surface area contributed by atoms with E-state index in [2.05, 4.69) is 0 Å². The van der Waals surface area contributed by atoms with Gasteiger partial charge in [-0.05, 0) is 44.2 Å². The van der Waals surface area contributed by atoms with Crippen LogP contribution < -0.4 is 9.47 Å². The number of hydrogen-bond acceptors (Lipinski definition) is 6. The highest BCUT2D eigenvalue weighted by Gasteiger charge is 2.38. The van der Waals surface area contributed by atoms with Crippen LogP contribution in [0.4, 0.5) is 0 Å². The van der Waals surface area contributed by atoms with Crippen LogP contribution in [-0.2, 0) is 4.84 Å². The Morgan fingerprint density at radius 1 is 0.885 bits per heavy atom. The summed E-state index contributed by atoms with van der Waals surface area (Å²) in [4.78, 5) is 42.0. The first-order valence-electron chi connectivity index (χ1n) is 8.16. The molecule has 2 aromatic carbocycles. The van der Waals surface area contributed by atoms with Crippen LogP contribution in [0.5, 0.6) is 11.5 Å². The number of carbonyl (C=O) groups excluding carboxylic acids is 3. The number of ether oxygens (including phenoxy) is 2. The molecule has 2 aromatic rings. The van der Waals surface area contributed by atoms with Gasteiger partial charge in [0.05, 0.1) is 29.9 Å². The van der Waals surface area contributed by atoms with E-state index in [0.29, 0.717) is 29.8 Å². The zero-order valence-corrected chi connectivity index (χ0v) is 14.4. The number of hydroxylamine groups is 2. The maximum atomic E-state index is 12.4. The van der Waals surface area contributed by atoms with Gasteiger partial charge in [0.1, 0.15) is 0 Å². The summed E-state index contributed by atoms with van der Waals surface area (Å²) in [5.74, 6) is -1.31. The Morgan fingerprint density at radius 3 is 2.04 bits per heavy atom. The Bertz CT molecular complexity index is 841. The van der Waals surface area contributed by atoms with E-state index in [0.717, 1.165) is 0 Å². The fourth-order valence-electron chi connectivity index (χ4n) is 2.56. The molecule has 2 amide bonds. The van der Waals surface area contributed by atoms with Gasteiger partial charge in [0, 0.05) is 0 Å². The van der Waals surface area contributed by atoms with Crippen LogP contribution in [0.1, 0.15) is 44.9 Å². The maximum Gasteiger partial charge on any atom is 0.364 e. The van der Waals surface area contributed by atoms with Gasteiger partial charge in [0.2, 0.25) is 0 Å². The van der Waals surface area contributed by atoms with Gasteiger partial charge in [-0.3, -0.25) is 9.59 Å². The lowest BCUT2D eigenvalue weighted by atomic mass is 10.1. The van der Waals surface area contributed by atoms with Crippen molar-refractivity contribution in [3.63, 3.8) is 0 Å². The minimum Gasteiger partial charge on any atom is -0.490 e. The summed E-state index contributed by atoms with van der Waals surface area (Å²) in [6, 6.07) is 10.8. The number of imide groups is 1. The van der Waals surface area contributed by atoms with E-state index >= 15 is 0 Å². The second-order valence-corrected chi connectivity index (χ2v) is 5.36. The highest BCUT2D eigenvalue weighted by molar-refractivity contribution is 6.21. The summed E-state index contributed by atoms with van der Waals surface area (Å²) in [6.45, 7) is 4.47. The molecule has 0 aliphatic carbocycles. The predicted octanol–water partition coefficient (Wildman–Crippen LogP) is 2.85. The largest absolute Gasteiger partial charge is 0.490 e. The van der Waals surface area contributed by atoms with Crippen molar-refractivity contribution < 1.29 is 28.7 Å². The zero-order chi connectivity index (χ0) is 18.7. The van der Waals surface area contributed by atoms with E-state index in [4.69, 9.17) is 14.3 Å². The Kier molecular flexibility index (Phi) is 4.88. The van der Waals surface area contributed by atoms with Crippen LogP contribution in [0.15, 0.2) is 42.5 Å². The van der Waals surface area contributed by atoms with E-state index in [1.807, 2.05) is 6.92 Å². The van der Waals surface area contributed by atoms with Crippen LogP contribution in [0.25, 0.3) is 0 Å². The summed E-state index contributed by atoms with van der Waals surface area (Å²) in [7, 11) is 0. The Hall–Kier alpha value is -3.35. The number of carbonyl (C=O) groups is 3. The van der Waals surface area contributed by atoms with Crippen molar-refractivity contribution in [2.75, 3.05) is 13.2 Å². The predicted molar refractivity (Wildman–Crippen MR) is 91.1 cm³/mol. The molecule has 0 N–H and O–H groups in total. The second kappa shape index (κ2) is 7.26. The summed E-state index contributed by atoms with van der Waals surface area (Å²) in [6.07, 6.45) is 0. The lowest BCUT2D eigenvalue weighted by Crippen LogP contribution is -2.32. The SMILES string of the molecule is CCOc1ccc(C(=O)ON2C(=O)c3ccccc3C2=O)cc1OCC. The van der Waals surface area contributed by atoms with E-state index in [1.54, 1.807) is 25.1 Å². The molecule has 7 heteroatoms. The van der Waals surface area contributed by atoms with Crippen molar-refractivity contribution >= 4 is 17.8 Å². The van der Waals surface area contributed by atoms with Crippen LogP contribution in [0.2, 0.25) is 0 Å². The fourth-order valence-corrected chi connectivity index (χ4v) is 2.56. The van der Waals surface area contributed by atoms with Crippen molar-refractivity contribution in [3.05, 3.63) is 59.2 Å². The van der Waals surface area contributed by atoms with Gasteiger partial charge in [-0.1, -0.05) is 17.2 Å². The van der Waals surface area contributed by atoms with Crippen LogP contribution >= 0.6 is 0 Å². The normalized spacial score (nSPS) is 12.8. The zero-order valence-electron chi connectivity index (χ0n) is 14.4. The molecular weight excluding hydrogens is 338 g/mol. The molecule has 1 aliphatic rings. The van der Waals surface area contributed by atoms with Gasteiger partial charge < -0.3 is 14.3 Å². The molecule has 1 heterocycles. The summed E-state index contributed by atoms with van der Waals surface area (Å²) < 4.78 is 10.9. The van der Waals surface area contributed by atoms with Gasteiger partial charge in [0.15, 0.2) is 11.5 Å². The molecule has 0 spiro atoms. The van der Waals surface area contributed by atoms with E-state index in [1.165, 1.54) is 24.3 Å². The quantitative estimate of drug-likeness (QED) is 0.741. The minimum atomic E-state index is -0.844. The number of benzene rings is 2. The molecular formula is C19H17NO6. The molecule has 134 valence electrons. The topological polar surface area (TPSA) is 82.1 Å². The van der Waals surface area contributed by atoms with Crippen molar-refractivity contribution in [1.82, 2.24) is 5.06 Å². The number of fused-ring (bicyclic) bond motifs is 1. The van der Waals surface area contributed by atoms with Gasteiger partial charge in [-0.15, -0.1) is 0 Å². The van der Waals surface area contributed by atoms with Gasteiger partial charge in [-0.2, -0.15) is 0 Å². The fraction of sp³-hybridized carbons (Fsp3) is 0.211. The molecule has 3 rings (SSSR count). The summed E-state index contributed by atoms with van der Waals surface area (Å²) >= 11 is 0. The lowest BCUT2D eigenvalue weighted by molar-refractivity contribution is -0.0584. The molecule has 26 heavy (non-hydrogen) atoms. The van der Waals surface area contributed by atoms with E-state index in [9.17, 15) is 14.4 Å². The molecule has 0 aromatic heterocycles. The average Bonchev–Trinajstić information content (AvgIpc) is 2.89. The Morgan fingerprint density at radius 2 is 1.46 bits per heavy atom. The number of amides is 2. The first-order valence-corrected chi connectivity index (χ1v) is 8.16. The molecule has 0 bridgehead atoms. The van der Waals surface area contributed by atoms with Crippen LogP contribution in [0, 0.1) is 0 Å². The van der Waals surface area contributed by atoms with Crippen molar-refractivity contribution in [1.29, 1.82) is 0 Å². The third kappa shape index (κ3) is 3.11. The first kappa shape index (κ1) is 17.5. The highest BCUT2D eigenvalue weighted by Crippen LogP contribution is 2.29. The minimum absolute atomic E-state index is 0.133. The standard InChI is InChI=1S/C19H17NO6/c1-3-24-15-10-9-12(11-16(15)25-4-2)19(23)26-20-17(21)13-7-5-6-8-14(13)18(20)22/h5-11H,3-4H2,1-2H3. The lowest BCUT2D eigenvalue weighted by Gasteiger charge is -2.14. The third-order valence-electron chi connectivity index (χ3n) is 3.71. The second-order valence-electron chi connectivity index (χ2n) is 5.36. The maximum absolute atomic E-state index is 12.4.